The number of ether oxygens (including phenoxy) is 3. The number of hydrogen-bond donors (Lipinski definition) is 1. The molecule has 0 heterocycles. The molecule has 0 saturated carbocycles. The van der Waals surface area contributed by atoms with Crippen LogP contribution >= 0.6 is 0 Å². The van der Waals surface area contributed by atoms with E-state index in [1.54, 1.807) is 7.11 Å². The Hall–Kier alpha value is -3.47. The first-order valence-corrected chi connectivity index (χ1v) is 10.5. The van der Waals surface area contributed by atoms with Crippen LogP contribution in [0.5, 0.6) is 17.2 Å². The first-order valence-electron chi connectivity index (χ1n) is 10.5. The summed E-state index contributed by atoms with van der Waals surface area (Å²) in [6.45, 7) is 1.80. The monoisotopic (exact) mass is 419 g/mol. The minimum absolute atomic E-state index is 0.0252. The zero-order valence-corrected chi connectivity index (χ0v) is 17.9. The first kappa shape index (κ1) is 22.2. The second kappa shape index (κ2) is 12.3. The Morgan fingerprint density at radius 2 is 1.39 bits per heavy atom. The van der Waals surface area contributed by atoms with Gasteiger partial charge in [-0.2, -0.15) is 0 Å². The number of carbonyl (C=O) groups is 1. The molecule has 0 atom stereocenters. The van der Waals surface area contributed by atoms with Gasteiger partial charge in [-0.25, -0.2) is 0 Å². The summed E-state index contributed by atoms with van der Waals surface area (Å²) < 4.78 is 16.7. The molecule has 3 aromatic carbocycles. The van der Waals surface area contributed by atoms with E-state index in [0.717, 1.165) is 41.2 Å². The van der Waals surface area contributed by atoms with E-state index >= 15 is 0 Å². The van der Waals surface area contributed by atoms with E-state index < -0.39 is 0 Å². The molecule has 3 aromatic rings. The normalized spacial score (nSPS) is 10.4. The van der Waals surface area contributed by atoms with Gasteiger partial charge in [0.15, 0.2) is 0 Å². The number of hydrogen-bond acceptors (Lipinski definition) is 4. The summed E-state index contributed by atoms with van der Waals surface area (Å²) in [6.07, 6.45) is 2.11. The van der Waals surface area contributed by atoms with Gasteiger partial charge >= 0.3 is 0 Å². The van der Waals surface area contributed by atoms with E-state index in [0.29, 0.717) is 26.2 Å². The van der Waals surface area contributed by atoms with Crippen LogP contribution in [0.25, 0.3) is 0 Å². The molecule has 1 N–H and O–H groups in total. The van der Waals surface area contributed by atoms with Crippen LogP contribution in [0, 0.1) is 0 Å². The molecule has 0 aliphatic carbocycles. The van der Waals surface area contributed by atoms with Gasteiger partial charge in [-0.15, -0.1) is 0 Å². The highest BCUT2D eigenvalue weighted by molar-refractivity contribution is 5.78. The molecule has 0 spiro atoms. The molecule has 0 aliphatic heterocycles. The van der Waals surface area contributed by atoms with Gasteiger partial charge in [-0.05, 0) is 60.4 Å². The summed E-state index contributed by atoms with van der Waals surface area (Å²) in [7, 11) is 1.63. The number of rotatable bonds is 12. The molecular weight excluding hydrogens is 390 g/mol. The molecule has 5 heteroatoms. The van der Waals surface area contributed by atoms with Crippen molar-refractivity contribution in [3.8, 4) is 17.2 Å². The molecule has 1 amide bonds. The summed E-state index contributed by atoms with van der Waals surface area (Å²) in [5.74, 6) is 2.45. The van der Waals surface area contributed by atoms with E-state index in [9.17, 15) is 4.79 Å². The third-order valence-corrected chi connectivity index (χ3v) is 4.76. The van der Waals surface area contributed by atoms with E-state index in [1.165, 1.54) is 0 Å². The van der Waals surface area contributed by atoms with Gasteiger partial charge in [0.2, 0.25) is 5.91 Å². The van der Waals surface area contributed by atoms with Crippen molar-refractivity contribution < 1.29 is 19.0 Å². The van der Waals surface area contributed by atoms with Crippen LogP contribution in [0.1, 0.15) is 24.0 Å². The topological polar surface area (TPSA) is 56.8 Å². The van der Waals surface area contributed by atoms with Crippen molar-refractivity contribution in [1.82, 2.24) is 5.32 Å². The van der Waals surface area contributed by atoms with Crippen molar-refractivity contribution in [2.45, 2.75) is 25.9 Å². The van der Waals surface area contributed by atoms with Crippen LogP contribution in [0.4, 0.5) is 0 Å². The van der Waals surface area contributed by atoms with Gasteiger partial charge in [-0.3, -0.25) is 4.79 Å². The molecule has 0 aromatic heterocycles. The highest BCUT2D eigenvalue weighted by atomic mass is 16.5. The Bertz CT molecular complexity index is 908. The van der Waals surface area contributed by atoms with Crippen LogP contribution in [0.3, 0.4) is 0 Å². The number of amides is 1. The maximum absolute atomic E-state index is 12.0. The molecule has 0 bridgehead atoms. The highest BCUT2D eigenvalue weighted by Crippen LogP contribution is 2.19. The molecular formula is C26H29NO4. The Labute approximate surface area is 184 Å². The second-order valence-corrected chi connectivity index (χ2v) is 7.18. The molecule has 31 heavy (non-hydrogen) atoms. The fourth-order valence-corrected chi connectivity index (χ4v) is 3.01. The maximum atomic E-state index is 12.0. The lowest BCUT2D eigenvalue weighted by atomic mass is 10.1. The average molecular weight is 420 g/mol. The summed E-state index contributed by atoms with van der Waals surface area (Å²) in [4.78, 5) is 12.0. The predicted molar refractivity (Wildman–Crippen MR) is 122 cm³/mol. The van der Waals surface area contributed by atoms with Crippen molar-refractivity contribution in [3.05, 3.63) is 90.0 Å². The minimum Gasteiger partial charge on any atom is -0.497 e. The SMILES string of the molecule is COc1ccc(CC(=O)NCCCCOc2ccc(OCc3ccccc3)cc2)cc1. The van der Waals surface area contributed by atoms with E-state index in [-0.39, 0.29) is 5.91 Å². The Morgan fingerprint density at radius 3 is 2.06 bits per heavy atom. The number of nitrogens with one attached hydrogen (secondary N) is 1. The van der Waals surface area contributed by atoms with Crippen molar-refractivity contribution in [3.63, 3.8) is 0 Å². The fraction of sp³-hybridized carbons (Fsp3) is 0.269. The maximum Gasteiger partial charge on any atom is 0.224 e. The number of carbonyl (C=O) groups excluding carboxylic acids is 1. The van der Waals surface area contributed by atoms with Crippen LogP contribution < -0.4 is 19.5 Å². The molecule has 0 radical (unpaired) electrons. The van der Waals surface area contributed by atoms with Crippen molar-refractivity contribution in [1.29, 1.82) is 0 Å². The Balaban J connectivity index is 1.26. The van der Waals surface area contributed by atoms with E-state index in [4.69, 9.17) is 14.2 Å². The van der Waals surface area contributed by atoms with Gasteiger partial charge in [0, 0.05) is 6.54 Å². The zero-order valence-electron chi connectivity index (χ0n) is 17.9. The van der Waals surface area contributed by atoms with Gasteiger partial charge in [0.1, 0.15) is 23.9 Å². The Kier molecular flexibility index (Phi) is 8.80. The number of benzene rings is 3. The van der Waals surface area contributed by atoms with Crippen LogP contribution in [-0.2, 0) is 17.8 Å². The van der Waals surface area contributed by atoms with Crippen LogP contribution in [0.2, 0.25) is 0 Å². The highest BCUT2D eigenvalue weighted by Gasteiger charge is 2.03. The molecule has 0 fully saturated rings. The van der Waals surface area contributed by atoms with Crippen molar-refractivity contribution in [2.75, 3.05) is 20.3 Å². The van der Waals surface area contributed by atoms with Crippen molar-refractivity contribution in [2.24, 2.45) is 0 Å². The van der Waals surface area contributed by atoms with E-state index in [1.807, 2.05) is 78.9 Å². The third-order valence-electron chi connectivity index (χ3n) is 4.76. The van der Waals surface area contributed by atoms with Gasteiger partial charge in [0.25, 0.3) is 0 Å². The molecule has 0 saturated heterocycles. The Morgan fingerprint density at radius 1 is 0.742 bits per heavy atom. The average Bonchev–Trinajstić information content (AvgIpc) is 2.82. The number of methoxy groups -OCH3 is 1. The standard InChI is InChI=1S/C26H29NO4/c1-29-23-11-9-21(10-12-23)19-26(28)27-17-5-6-18-30-24-13-15-25(16-14-24)31-20-22-7-3-2-4-8-22/h2-4,7-16H,5-6,17-20H2,1H3,(H,27,28). The van der Waals surface area contributed by atoms with Crippen molar-refractivity contribution >= 4 is 5.91 Å². The molecule has 5 nitrogen and oxygen atoms in total. The molecule has 0 unspecified atom stereocenters. The predicted octanol–water partition coefficient (Wildman–Crippen LogP) is 4.79. The van der Waals surface area contributed by atoms with Crippen LogP contribution in [0.15, 0.2) is 78.9 Å². The molecule has 0 aliphatic rings. The lowest BCUT2D eigenvalue weighted by Gasteiger charge is -2.09. The summed E-state index contributed by atoms with van der Waals surface area (Å²) >= 11 is 0. The summed E-state index contributed by atoms with van der Waals surface area (Å²) in [5, 5.41) is 2.95. The van der Waals surface area contributed by atoms with Gasteiger partial charge in [0.05, 0.1) is 20.1 Å². The van der Waals surface area contributed by atoms with Crippen LogP contribution in [-0.4, -0.2) is 26.2 Å². The third kappa shape index (κ3) is 8.05. The zero-order chi connectivity index (χ0) is 21.7. The quantitative estimate of drug-likeness (QED) is 0.429. The smallest absolute Gasteiger partial charge is 0.224 e. The lowest BCUT2D eigenvalue weighted by molar-refractivity contribution is -0.120. The molecule has 3 rings (SSSR count). The second-order valence-electron chi connectivity index (χ2n) is 7.18. The van der Waals surface area contributed by atoms with Gasteiger partial charge in [-0.1, -0.05) is 42.5 Å². The molecule has 162 valence electrons. The van der Waals surface area contributed by atoms with Gasteiger partial charge < -0.3 is 19.5 Å². The lowest BCUT2D eigenvalue weighted by Crippen LogP contribution is -2.26. The first-order chi connectivity index (χ1) is 15.2. The minimum atomic E-state index is 0.0252. The van der Waals surface area contributed by atoms with E-state index in [2.05, 4.69) is 5.32 Å². The summed E-state index contributed by atoms with van der Waals surface area (Å²) in [6, 6.07) is 25.3. The summed E-state index contributed by atoms with van der Waals surface area (Å²) in [5.41, 5.74) is 2.11. The fourth-order valence-electron chi connectivity index (χ4n) is 3.01. The largest absolute Gasteiger partial charge is 0.497 e. The number of unbranched alkanes of at least 4 members (excludes halogenated alkanes) is 1.